The minimum Gasteiger partial charge on any atom is -0.398 e. The molecule has 1 aromatic heterocycles. The maximum atomic E-state index is 12.3. The van der Waals surface area contributed by atoms with Crippen molar-refractivity contribution in [2.45, 2.75) is 6.92 Å². The van der Waals surface area contributed by atoms with Crippen LogP contribution in [0.5, 0.6) is 0 Å². The van der Waals surface area contributed by atoms with E-state index in [2.05, 4.69) is 10.3 Å². The van der Waals surface area contributed by atoms with E-state index in [0.29, 0.717) is 11.4 Å². The summed E-state index contributed by atoms with van der Waals surface area (Å²) in [6.45, 7) is 1.88. The molecule has 0 saturated heterocycles. The maximum Gasteiger partial charge on any atom is 0.275 e. The third-order valence-corrected chi connectivity index (χ3v) is 4.05. The van der Waals surface area contributed by atoms with Gasteiger partial charge < -0.3 is 11.1 Å². The van der Waals surface area contributed by atoms with Gasteiger partial charge >= 0.3 is 0 Å². The van der Waals surface area contributed by atoms with E-state index in [4.69, 9.17) is 5.73 Å². The number of benzene rings is 2. The van der Waals surface area contributed by atoms with Crippen molar-refractivity contribution >= 4 is 28.6 Å². The summed E-state index contributed by atoms with van der Waals surface area (Å²) in [7, 11) is 0. The number of rotatable bonds is 3. The molecule has 0 atom stereocenters. The molecule has 22 heavy (non-hydrogen) atoms. The van der Waals surface area contributed by atoms with Crippen LogP contribution in [0.2, 0.25) is 0 Å². The summed E-state index contributed by atoms with van der Waals surface area (Å²) < 4.78 is 0. The zero-order valence-electron chi connectivity index (χ0n) is 12.0. The Morgan fingerprint density at radius 2 is 1.77 bits per heavy atom. The van der Waals surface area contributed by atoms with Crippen molar-refractivity contribution in [3.8, 4) is 11.1 Å². The number of anilines is 2. The molecular weight excluding hydrogens is 294 g/mol. The van der Waals surface area contributed by atoms with Crippen LogP contribution in [0.4, 0.5) is 11.4 Å². The summed E-state index contributed by atoms with van der Waals surface area (Å²) in [5.41, 5.74) is 9.65. The molecule has 0 spiro atoms. The summed E-state index contributed by atoms with van der Waals surface area (Å²) in [6.07, 6.45) is 0. The fourth-order valence-electron chi connectivity index (χ4n) is 2.22. The number of hydrogen-bond donors (Lipinski definition) is 2. The van der Waals surface area contributed by atoms with E-state index < -0.39 is 0 Å². The Morgan fingerprint density at radius 1 is 1.09 bits per heavy atom. The van der Waals surface area contributed by atoms with Gasteiger partial charge in [0.15, 0.2) is 0 Å². The Morgan fingerprint density at radius 3 is 2.45 bits per heavy atom. The van der Waals surface area contributed by atoms with Crippen LogP contribution in [0.1, 0.15) is 15.5 Å². The molecule has 1 heterocycles. The van der Waals surface area contributed by atoms with Gasteiger partial charge in [-0.1, -0.05) is 36.4 Å². The van der Waals surface area contributed by atoms with E-state index in [1.54, 1.807) is 5.38 Å². The number of aryl methyl sites for hydroxylation is 1. The zero-order chi connectivity index (χ0) is 15.5. The van der Waals surface area contributed by atoms with Gasteiger partial charge in [-0.2, -0.15) is 0 Å². The molecule has 110 valence electrons. The minimum atomic E-state index is -0.216. The van der Waals surface area contributed by atoms with Crippen molar-refractivity contribution in [2.75, 3.05) is 11.1 Å². The number of thiazole rings is 1. The lowest BCUT2D eigenvalue weighted by molar-refractivity contribution is 0.102. The van der Waals surface area contributed by atoms with E-state index in [1.807, 2.05) is 55.5 Å². The lowest BCUT2D eigenvalue weighted by Crippen LogP contribution is -2.13. The molecule has 2 aromatic carbocycles. The monoisotopic (exact) mass is 309 g/mol. The van der Waals surface area contributed by atoms with E-state index in [9.17, 15) is 4.79 Å². The number of nitrogens with two attached hydrogens (primary N) is 1. The number of hydrogen-bond acceptors (Lipinski definition) is 4. The van der Waals surface area contributed by atoms with E-state index in [0.717, 1.165) is 21.8 Å². The number of nitrogens with zero attached hydrogens (tertiary/aromatic N) is 1. The first kappa shape index (κ1) is 14.3. The van der Waals surface area contributed by atoms with Crippen LogP contribution in [0.3, 0.4) is 0 Å². The number of nitrogen functional groups attached to an aromatic ring is 1. The maximum absolute atomic E-state index is 12.3. The van der Waals surface area contributed by atoms with Crippen molar-refractivity contribution < 1.29 is 4.79 Å². The lowest BCUT2D eigenvalue weighted by Gasteiger charge is -2.12. The first-order chi connectivity index (χ1) is 10.6. The zero-order valence-corrected chi connectivity index (χ0v) is 12.9. The number of carbonyl (C=O) groups excluding carboxylic acids is 1. The van der Waals surface area contributed by atoms with Crippen LogP contribution in [0, 0.1) is 6.92 Å². The summed E-state index contributed by atoms with van der Waals surface area (Å²) in [5.74, 6) is -0.216. The molecule has 5 heteroatoms. The Bertz CT molecular complexity index is 826. The van der Waals surface area contributed by atoms with Gasteiger partial charge in [-0.25, -0.2) is 4.98 Å². The van der Waals surface area contributed by atoms with Crippen LogP contribution >= 0.6 is 11.3 Å². The Kier molecular flexibility index (Phi) is 3.89. The second-order valence-corrected chi connectivity index (χ2v) is 5.90. The molecule has 3 aromatic rings. The van der Waals surface area contributed by atoms with Crippen LogP contribution in [0.15, 0.2) is 53.9 Å². The van der Waals surface area contributed by atoms with Gasteiger partial charge in [0.05, 0.1) is 5.01 Å². The molecule has 3 rings (SSSR count). The second-order valence-electron chi connectivity index (χ2n) is 4.84. The van der Waals surface area contributed by atoms with E-state index in [-0.39, 0.29) is 5.91 Å². The fourth-order valence-corrected chi connectivity index (χ4v) is 2.82. The van der Waals surface area contributed by atoms with Crippen LogP contribution in [-0.4, -0.2) is 10.9 Å². The quantitative estimate of drug-likeness (QED) is 0.720. The highest BCUT2D eigenvalue weighted by atomic mass is 32.1. The predicted octanol–water partition coefficient (Wildman–Crippen LogP) is 3.95. The highest BCUT2D eigenvalue weighted by Gasteiger charge is 2.13. The van der Waals surface area contributed by atoms with E-state index >= 15 is 0 Å². The van der Waals surface area contributed by atoms with E-state index in [1.165, 1.54) is 11.3 Å². The van der Waals surface area contributed by atoms with Crippen molar-refractivity contribution in [1.29, 1.82) is 0 Å². The number of para-hydroxylation sites is 2. The Hall–Kier alpha value is -2.66. The molecule has 0 bridgehead atoms. The van der Waals surface area contributed by atoms with Gasteiger partial charge in [0.25, 0.3) is 5.91 Å². The first-order valence-corrected chi connectivity index (χ1v) is 7.70. The van der Waals surface area contributed by atoms with Crippen LogP contribution in [-0.2, 0) is 0 Å². The highest BCUT2D eigenvalue weighted by molar-refractivity contribution is 7.09. The van der Waals surface area contributed by atoms with Crippen LogP contribution in [0.25, 0.3) is 11.1 Å². The summed E-state index contributed by atoms with van der Waals surface area (Å²) in [5, 5.41) is 5.54. The number of nitrogens with one attached hydrogen (secondary N) is 1. The van der Waals surface area contributed by atoms with Gasteiger partial charge in [-0.15, -0.1) is 11.3 Å². The second kappa shape index (κ2) is 5.99. The van der Waals surface area contributed by atoms with Crippen molar-refractivity contribution in [3.05, 3.63) is 64.6 Å². The standard InChI is InChI=1S/C17H15N3OS/c1-11-19-16(10-22-11)17(21)20-15-9-5-3-7-13(15)12-6-2-4-8-14(12)18/h2-10H,18H2,1H3,(H,20,21). The van der Waals surface area contributed by atoms with Crippen molar-refractivity contribution in [2.24, 2.45) is 0 Å². The smallest absolute Gasteiger partial charge is 0.275 e. The van der Waals surface area contributed by atoms with Gasteiger partial charge in [0.1, 0.15) is 5.69 Å². The molecule has 0 radical (unpaired) electrons. The highest BCUT2D eigenvalue weighted by Crippen LogP contribution is 2.32. The topological polar surface area (TPSA) is 68.0 Å². The fraction of sp³-hybridized carbons (Fsp3) is 0.0588. The normalized spacial score (nSPS) is 10.4. The SMILES string of the molecule is Cc1nc(C(=O)Nc2ccccc2-c2ccccc2N)cs1. The molecule has 0 fully saturated rings. The molecule has 0 aliphatic heterocycles. The summed E-state index contributed by atoms with van der Waals surface area (Å²) in [4.78, 5) is 16.5. The Labute approximate surface area is 132 Å². The third-order valence-electron chi connectivity index (χ3n) is 3.28. The average molecular weight is 309 g/mol. The Balaban J connectivity index is 1.95. The lowest BCUT2D eigenvalue weighted by atomic mass is 10.0. The summed E-state index contributed by atoms with van der Waals surface area (Å²) in [6, 6.07) is 15.2. The first-order valence-electron chi connectivity index (χ1n) is 6.82. The molecule has 0 saturated carbocycles. The predicted molar refractivity (Wildman–Crippen MR) is 91.1 cm³/mol. The third kappa shape index (κ3) is 2.84. The van der Waals surface area contributed by atoms with Crippen molar-refractivity contribution in [3.63, 3.8) is 0 Å². The molecule has 4 nitrogen and oxygen atoms in total. The molecule has 1 amide bonds. The largest absolute Gasteiger partial charge is 0.398 e. The van der Waals surface area contributed by atoms with Gasteiger partial charge in [-0.05, 0) is 19.1 Å². The molecule has 0 aliphatic carbocycles. The molecular formula is C17H15N3OS. The van der Waals surface area contributed by atoms with Gasteiger partial charge in [0.2, 0.25) is 0 Å². The van der Waals surface area contributed by atoms with Gasteiger partial charge in [0, 0.05) is 27.9 Å². The number of aromatic nitrogens is 1. The van der Waals surface area contributed by atoms with Gasteiger partial charge in [-0.3, -0.25) is 4.79 Å². The minimum absolute atomic E-state index is 0.216. The summed E-state index contributed by atoms with van der Waals surface area (Å²) >= 11 is 1.45. The van der Waals surface area contributed by atoms with Crippen LogP contribution < -0.4 is 11.1 Å². The number of carbonyl (C=O) groups is 1. The molecule has 0 aliphatic rings. The van der Waals surface area contributed by atoms with Crippen molar-refractivity contribution in [1.82, 2.24) is 4.98 Å². The molecule has 0 unspecified atom stereocenters. The molecule has 3 N–H and O–H groups in total. The average Bonchev–Trinajstić information content (AvgIpc) is 2.95. The number of amides is 1.